The number of aryl methyl sites for hydroxylation is 1. The Kier molecular flexibility index (Phi) is 5.87. The summed E-state index contributed by atoms with van der Waals surface area (Å²) in [5.41, 5.74) is 0. The highest BCUT2D eigenvalue weighted by molar-refractivity contribution is 7.89. The molecule has 2 aromatic rings. The summed E-state index contributed by atoms with van der Waals surface area (Å²) in [6.45, 7) is 1.23. The van der Waals surface area contributed by atoms with Crippen molar-refractivity contribution in [1.82, 2.24) is 19.2 Å². The molecule has 1 fully saturated rings. The standard InChI is InChI=1S/C14H16ClFN4O2S.ClH/c1-19-4-3-18-14(19)13-9-17-2-5-20(13)23(21,22)12-7-10(15)6-11(16)8-12;/h3-4,6-8,13,17H,2,5,9H2,1H3;1H. The highest BCUT2D eigenvalue weighted by atomic mass is 35.5. The molecule has 0 amide bonds. The molecule has 0 spiro atoms. The second-order valence-electron chi connectivity index (χ2n) is 5.34. The molecular formula is C14H17Cl2FN4O2S. The highest BCUT2D eigenvalue weighted by Gasteiger charge is 2.36. The van der Waals surface area contributed by atoms with Crippen LogP contribution in [0.5, 0.6) is 0 Å². The molecule has 10 heteroatoms. The lowest BCUT2D eigenvalue weighted by atomic mass is 10.2. The normalized spacial score (nSPS) is 19.0. The van der Waals surface area contributed by atoms with E-state index in [0.717, 1.165) is 12.1 Å². The van der Waals surface area contributed by atoms with Gasteiger partial charge in [0.25, 0.3) is 0 Å². The monoisotopic (exact) mass is 394 g/mol. The molecule has 1 aliphatic heterocycles. The molecule has 0 aliphatic carbocycles. The maximum absolute atomic E-state index is 13.6. The van der Waals surface area contributed by atoms with Crippen molar-refractivity contribution in [1.29, 1.82) is 0 Å². The third-order valence-corrected chi connectivity index (χ3v) is 5.90. The van der Waals surface area contributed by atoms with Gasteiger partial charge in [0.05, 0.1) is 10.9 Å². The molecule has 1 aliphatic rings. The predicted molar refractivity (Wildman–Crippen MR) is 91.4 cm³/mol. The molecule has 6 nitrogen and oxygen atoms in total. The van der Waals surface area contributed by atoms with E-state index in [0.29, 0.717) is 18.9 Å². The molecule has 1 atom stereocenters. The van der Waals surface area contributed by atoms with Crippen molar-refractivity contribution in [3.63, 3.8) is 0 Å². The lowest BCUT2D eigenvalue weighted by Gasteiger charge is -2.34. The van der Waals surface area contributed by atoms with E-state index in [2.05, 4.69) is 10.3 Å². The van der Waals surface area contributed by atoms with Crippen molar-refractivity contribution in [3.05, 3.63) is 47.3 Å². The van der Waals surface area contributed by atoms with Gasteiger partial charge in [-0.2, -0.15) is 4.31 Å². The van der Waals surface area contributed by atoms with Gasteiger partial charge in [-0.25, -0.2) is 17.8 Å². The Morgan fingerprint density at radius 1 is 1.38 bits per heavy atom. The summed E-state index contributed by atoms with van der Waals surface area (Å²) in [4.78, 5) is 4.10. The molecule has 0 radical (unpaired) electrons. The van der Waals surface area contributed by atoms with E-state index >= 15 is 0 Å². The fourth-order valence-electron chi connectivity index (χ4n) is 2.70. The molecule has 3 rings (SSSR count). The van der Waals surface area contributed by atoms with E-state index in [1.54, 1.807) is 24.0 Å². The molecule has 1 aromatic carbocycles. The largest absolute Gasteiger partial charge is 0.337 e. The Morgan fingerprint density at radius 3 is 2.75 bits per heavy atom. The summed E-state index contributed by atoms with van der Waals surface area (Å²) >= 11 is 5.80. The van der Waals surface area contributed by atoms with Crippen LogP contribution >= 0.6 is 24.0 Å². The van der Waals surface area contributed by atoms with Crippen LogP contribution in [0.1, 0.15) is 11.9 Å². The van der Waals surface area contributed by atoms with Crippen LogP contribution < -0.4 is 5.32 Å². The molecule has 0 saturated carbocycles. The number of piperazine rings is 1. The van der Waals surface area contributed by atoms with Crippen LogP contribution in [0.15, 0.2) is 35.5 Å². The van der Waals surface area contributed by atoms with Crippen LogP contribution in [-0.2, 0) is 17.1 Å². The minimum absolute atomic E-state index is 0. The molecule has 1 N–H and O–H groups in total. The SMILES string of the molecule is Cl.Cn1ccnc1C1CNCCN1S(=O)(=O)c1cc(F)cc(Cl)c1. The first-order valence-electron chi connectivity index (χ1n) is 7.05. The molecule has 132 valence electrons. The number of hydrogen-bond donors (Lipinski definition) is 1. The van der Waals surface area contributed by atoms with E-state index < -0.39 is 21.9 Å². The molecule has 24 heavy (non-hydrogen) atoms. The molecular weight excluding hydrogens is 378 g/mol. The van der Waals surface area contributed by atoms with Gasteiger partial charge in [0.2, 0.25) is 10.0 Å². The van der Waals surface area contributed by atoms with Crippen molar-refractivity contribution >= 4 is 34.0 Å². The number of hydrogen-bond acceptors (Lipinski definition) is 4. The van der Waals surface area contributed by atoms with E-state index in [1.165, 1.54) is 10.4 Å². The Morgan fingerprint density at radius 2 is 2.12 bits per heavy atom. The van der Waals surface area contributed by atoms with E-state index in [9.17, 15) is 12.8 Å². The van der Waals surface area contributed by atoms with Gasteiger partial charge in [-0.3, -0.25) is 0 Å². The van der Waals surface area contributed by atoms with Crippen molar-refractivity contribution in [2.24, 2.45) is 7.05 Å². The second kappa shape index (κ2) is 7.37. The molecule has 1 saturated heterocycles. The Hall–Kier alpha value is -1.19. The van der Waals surface area contributed by atoms with Crippen LogP contribution in [-0.4, -0.2) is 41.9 Å². The Labute approximate surface area is 151 Å². The molecule has 1 aromatic heterocycles. The van der Waals surface area contributed by atoms with Gasteiger partial charge in [0, 0.05) is 44.1 Å². The predicted octanol–water partition coefficient (Wildman–Crippen LogP) is 1.97. The summed E-state index contributed by atoms with van der Waals surface area (Å²) < 4.78 is 42.6. The van der Waals surface area contributed by atoms with Gasteiger partial charge < -0.3 is 9.88 Å². The van der Waals surface area contributed by atoms with Gasteiger partial charge in [0.15, 0.2) is 0 Å². The third-order valence-electron chi connectivity index (χ3n) is 3.79. The number of nitrogens with zero attached hydrogens (tertiary/aromatic N) is 3. The second-order valence-corrected chi connectivity index (χ2v) is 7.66. The zero-order valence-electron chi connectivity index (χ0n) is 12.8. The summed E-state index contributed by atoms with van der Waals surface area (Å²) in [7, 11) is -2.08. The lowest BCUT2D eigenvalue weighted by Crippen LogP contribution is -2.49. The van der Waals surface area contributed by atoms with Gasteiger partial charge >= 0.3 is 0 Å². The van der Waals surface area contributed by atoms with Gasteiger partial charge in [-0.05, 0) is 18.2 Å². The number of imidazole rings is 1. The maximum Gasteiger partial charge on any atom is 0.243 e. The van der Waals surface area contributed by atoms with Crippen molar-refractivity contribution in [3.8, 4) is 0 Å². The van der Waals surface area contributed by atoms with E-state index in [4.69, 9.17) is 11.6 Å². The zero-order valence-corrected chi connectivity index (χ0v) is 15.2. The third kappa shape index (κ3) is 3.57. The summed E-state index contributed by atoms with van der Waals surface area (Å²) in [6, 6.07) is 2.86. The average Bonchev–Trinajstić information content (AvgIpc) is 2.92. The lowest BCUT2D eigenvalue weighted by molar-refractivity contribution is 0.258. The van der Waals surface area contributed by atoms with Gasteiger partial charge in [-0.1, -0.05) is 11.6 Å². The molecule has 2 heterocycles. The Balaban J connectivity index is 0.00000208. The van der Waals surface area contributed by atoms with Crippen LogP contribution in [0, 0.1) is 5.82 Å². The number of benzene rings is 1. The van der Waals surface area contributed by atoms with Crippen LogP contribution in [0.3, 0.4) is 0 Å². The number of sulfonamides is 1. The quantitative estimate of drug-likeness (QED) is 0.863. The molecule has 0 bridgehead atoms. The van der Waals surface area contributed by atoms with E-state index in [-0.39, 0.29) is 28.9 Å². The average molecular weight is 395 g/mol. The fourth-order valence-corrected chi connectivity index (χ4v) is 4.63. The molecule has 1 unspecified atom stereocenters. The van der Waals surface area contributed by atoms with Crippen molar-refractivity contribution in [2.75, 3.05) is 19.6 Å². The van der Waals surface area contributed by atoms with E-state index in [1.807, 2.05) is 0 Å². The minimum atomic E-state index is -3.88. The topological polar surface area (TPSA) is 67.2 Å². The minimum Gasteiger partial charge on any atom is -0.337 e. The van der Waals surface area contributed by atoms with Gasteiger partial charge in [-0.15, -0.1) is 12.4 Å². The number of halogens is 3. The van der Waals surface area contributed by atoms with Crippen molar-refractivity contribution in [2.45, 2.75) is 10.9 Å². The van der Waals surface area contributed by atoms with Crippen LogP contribution in [0.2, 0.25) is 5.02 Å². The number of aromatic nitrogens is 2. The van der Waals surface area contributed by atoms with Crippen LogP contribution in [0.25, 0.3) is 0 Å². The van der Waals surface area contributed by atoms with Gasteiger partial charge in [0.1, 0.15) is 11.6 Å². The van der Waals surface area contributed by atoms with Crippen LogP contribution in [0.4, 0.5) is 4.39 Å². The summed E-state index contributed by atoms with van der Waals surface area (Å²) in [6.07, 6.45) is 3.38. The zero-order chi connectivity index (χ0) is 16.6. The first-order valence-corrected chi connectivity index (χ1v) is 8.87. The van der Waals surface area contributed by atoms with Crippen molar-refractivity contribution < 1.29 is 12.8 Å². The summed E-state index contributed by atoms with van der Waals surface area (Å²) in [5.74, 6) is -0.0528. The highest BCUT2D eigenvalue weighted by Crippen LogP contribution is 2.29. The summed E-state index contributed by atoms with van der Waals surface area (Å²) in [5, 5.41) is 3.22. The first-order chi connectivity index (χ1) is 10.9. The fraction of sp³-hybridized carbons (Fsp3) is 0.357. The first kappa shape index (κ1) is 19.1. The maximum atomic E-state index is 13.6. The number of nitrogens with one attached hydrogen (secondary N) is 1. The Bertz CT molecular complexity index is 808. The number of rotatable bonds is 3. The smallest absolute Gasteiger partial charge is 0.243 e.